The van der Waals surface area contributed by atoms with E-state index >= 15 is 0 Å². The molecule has 1 aromatic carbocycles. The lowest BCUT2D eigenvalue weighted by Crippen LogP contribution is -2.38. The van der Waals surface area contributed by atoms with Crippen LogP contribution in [-0.2, 0) is 4.74 Å². The Balaban J connectivity index is 2.59. The molecule has 4 nitrogen and oxygen atoms in total. The number of methoxy groups -OCH3 is 1. The third-order valence-corrected chi connectivity index (χ3v) is 3.21. The molecular formula is C15H23NO3. The maximum absolute atomic E-state index is 12.3. The standard InChI is InChI=1S/C15H23NO3/c1-5-19-11-10-16(3)12(2)15(17)13-6-8-14(18-4)9-7-13/h6-9,12H,5,10-11H2,1-4H3. The molecule has 1 rings (SSSR count). The molecule has 19 heavy (non-hydrogen) atoms. The van der Waals surface area contributed by atoms with Crippen molar-refractivity contribution >= 4 is 5.78 Å². The van der Waals surface area contributed by atoms with Crippen LogP contribution in [0.5, 0.6) is 5.75 Å². The van der Waals surface area contributed by atoms with Gasteiger partial charge in [0.2, 0.25) is 0 Å². The summed E-state index contributed by atoms with van der Waals surface area (Å²) in [5.74, 6) is 0.871. The minimum absolute atomic E-state index is 0.113. The van der Waals surface area contributed by atoms with Crippen molar-refractivity contribution in [2.45, 2.75) is 19.9 Å². The summed E-state index contributed by atoms with van der Waals surface area (Å²) >= 11 is 0. The van der Waals surface area contributed by atoms with Crippen molar-refractivity contribution in [3.63, 3.8) is 0 Å². The highest BCUT2D eigenvalue weighted by Crippen LogP contribution is 2.14. The molecule has 0 saturated carbocycles. The molecular weight excluding hydrogens is 242 g/mol. The zero-order valence-electron chi connectivity index (χ0n) is 12.2. The summed E-state index contributed by atoms with van der Waals surface area (Å²) in [5.41, 5.74) is 0.705. The smallest absolute Gasteiger partial charge is 0.179 e. The first-order chi connectivity index (χ1) is 9.10. The van der Waals surface area contributed by atoms with Gasteiger partial charge in [-0.2, -0.15) is 0 Å². The summed E-state index contributed by atoms with van der Waals surface area (Å²) in [6, 6.07) is 7.05. The fourth-order valence-electron chi connectivity index (χ4n) is 1.74. The number of likely N-dealkylation sites (N-methyl/N-ethyl adjacent to an activating group) is 1. The first-order valence-electron chi connectivity index (χ1n) is 6.56. The van der Waals surface area contributed by atoms with Crippen LogP contribution in [-0.4, -0.2) is 50.6 Å². The second-order valence-electron chi connectivity index (χ2n) is 4.45. The summed E-state index contributed by atoms with van der Waals surface area (Å²) < 4.78 is 10.4. The molecule has 106 valence electrons. The van der Waals surface area contributed by atoms with Crippen LogP contribution in [0.25, 0.3) is 0 Å². The fraction of sp³-hybridized carbons (Fsp3) is 0.533. The van der Waals surface area contributed by atoms with Crippen molar-refractivity contribution in [2.24, 2.45) is 0 Å². The molecule has 0 fully saturated rings. The van der Waals surface area contributed by atoms with Crippen molar-refractivity contribution < 1.29 is 14.3 Å². The highest BCUT2D eigenvalue weighted by Gasteiger charge is 2.19. The number of carbonyl (C=O) groups is 1. The third kappa shape index (κ3) is 4.65. The van der Waals surface area contributed by atoms with Gasteiger partial charge in [0.1, 0.15) is 5.75 Å². The zero-order valence-corrected chi connectivity index (χ0v) is 12.2. The summed E-state index contributed by atoms with van der Waals surface area (Å²) in [5, 5.41) is 0. The van der Waals surface area contributed by atoms with Gasteiger partial charge in [-0.1, -0.05) is 0 Å². The Morgan fingerprint density at radius 1 is 1.32 bits per heavy atom. The van der Waals surface area contributed by atoms with Gasteiger partial charge in [-0.3, -0.25) is 9.69 Å². The van der Waals surface area contributed by atoms with Gasteiger partial charge in [0.15, 0.2) is 5.78 Å². The van der Waals surface area contributed by atoms with Crippen LogP contribution >= 0.6 is 0 Å². The van der Waals surface area contributed by atoms with E-state index in [1.807, 2.05) is 25.8 Å². The molecule has 1 aromatic rings. The molecule has 1 atom stereocenters. The highest BCUT2D eigenvalue weighted by molar-refractivity contribution is 5.99. The Labute approximate surface area is 115 Å². The number of nitrogens with zero attached hydrogens (tertiary/aromatic N) is 1. The molecule has 0 aliphatic rings. The molecule has 0 amide bonds. The number of rotatable bonds is 8. The predicted octanol–water partition coefficient (Wildman–Crippen LogP) is 2.23. The van der Waals surface area contributed by atoms with Gasteiger partial charge < -0.3 is 9.47 Å². The lowest BCUT2D eigenvalue weighted by atomic mass is 10.0. The van der Waals surface area contributed by atoms with Gasteiger partial charge in [0, 0.05) is 18.7 Å². The summed E-state index contributed by atoms with van der Waals surface area (Å²) in [4.78, 5) is 14.3. The van der Waals surface area contributed by atoms with Crippen molar-refractivity contribution in [1.29, 1.82) is 0 Å². The Morgan fingerprint density at radius 2 is 1.95 bits per heavy atom. The fourth-order valence-corrected chi connectivity index (χ4v) is 1.74. The molecule has 0 bridgehead atoms. The van der Waals surface area contributed by atoms with Crippen LogP contribution in [0.1, 0.15) is 24.2 Å². The van der Waals surface area contributed by atoms with E-state index in [1.165, 1.54) is 0 Å². The first-order valence-corrected chi connectivity index (χ1v) is 6.56. The lowest BCUT2D eigenvalue weighted by Gasteiger charge is -2.23. The molecule has 4 heteroatoms. The molecule has 0 aliphatic carbocycles. The van der Waals surface area contributed by atoms with Crippen molar-refractivity contribution in [2.75, 3.05) is 33.9 Å². The average Bonchev–Trinajstić information content (AvgIpc) is 2.46. The van der Waals surface area contributed by atoms with E-state index in [2.05, 4.69) is 0 Å². The Bertz CT molecular complexity index is 389. The molecule has 0 radical (unpaired) electrons. The monoisotopic (exact) mass is 265 g/mol. The van der Waals surface area contributed by atoms with E-state index in [-0.39, 0.29) is 11.8 Å². The maximum Gasteiger partial charge on any atom is 0.179 e. The molecule has 0 aliphatic heterocycles. The molecule has 0 spiro atoms. The lowest BCUT2D eigenvalue weighted by molar-refractivity contribution is 0.0789. The SMILES string of the molecule is CCOCCN(C)C(C)C(=O)c1ccc(OC)cc1. The van der Waals surface area contributed by atoms with Crippen LogP contribution in [0.4, 0.5) is 0 Å². The van der Waals surface area contributed by atoms with E-state index in [0.717, 1.165) is 12.3 Å². The van der Waals surface area contributed by atoms with Crippen LogP contribution in [0.2, 0.25) is 0 Å². The Hall–Kier alpha value is -1.39. The highest BCUT2D eigenvalue weighted by atomic mass is 16.5. The number of benzene rings is 1. The number of ether oxygens (including phenoxy) is 2. The quantitative estimate of drug-likeness (QED) is 0.534. The summed E-state index contributed by atoms with van der Waals surface area (Å²) in [6.07, 6.45) is 0. The molecule has 0 N–H and O–H groups in total. The van der Waals surface area contributed by atoms with E-state index < -0.39 is 0 Å². The largest absolute Gasteiger partial charge is 0.497 e. The molecule has 1 unspecified atom stereocenters. The van der Waals surface area contributed by atoms with Gasteiger partial charge in [0.25, 0.3) is 0 Å². The summed E-state index contributed by atoms with van der Waals surface area (Å²) in [6.45, 7) is 5.98. The van der Waals surface area contributed by atoms with Crippen molar-refractivity contribution in [3.05, 3.63) is 29.8 Å². The van der Waals surface area contributed by atoms with E-state index in [1.54, 1.807) is 31.4 Å². The minimum Gasteiger partial charge on any atom is -0.497 e. The van der Waals surface area contributed by atoms with Crippen molar-refractivity contribution in [3.8, 4) is 5.75 Å². The van der Waals surface area contributed by atoms with Gasteiger partial charge in [-0.25, -0.2) is 0 Å². The molecule has 0 heterocycles. The van der Waals surface area contributed by atoms with Gasteiger partial charge >= 0.3 is 0 Å². The summed E-state index contributed by atoms with van der Waals surface area (Å²) in [7, 11) is 3.55. The average molecular weight is 265 g/mol. The number of hydrogen-bond acceptors (Lipinski definition) is 4. The first kappa shape index (κ1) is 15.7. The Kier molecular flexibility index (Phi) is 6.53. The van der Waals surface area contributed by atoms with Gasteiger partial charge in [0.05, 0.1) is 19.8 Å². The topological polar surface area (TPSA) is 38.8 Å². The number of Topliss-reactive ketones (excluding diaryl/α,β-unsaturated/α-hetero) is 1. The molecule has 0 aromatic heterocycles. The van der Waals surface area contributed by atoms with Gasteiger partial charge in [-0.05, 0) is 45.2 Å². The minimum atomic E-state index is -0.158. The second-order valence-corrected chi connectivity index (χ2v) is 4.45. The van der Waals surface area contributed by atoms with Crippen LogP contribution < -0.4 is 4.74 Å². The molecule has 0 saturated heterocycles. The van der Waals surface area contributed by atoms with E-state index in [4.69, 9.17) is 9.47 Å². The zero-order chi connectivity index (χ0) is 14.3. The van der Waals surface area contributed by atoms with Crippen LogP contribution in [0.15, 0.2) is 24.3 Å². The van der Waals surface area contributed by atoms with Crippen LogP contribution in [0.3, 0.4) is 0 Å². The predicted molar refractivity (Wildman–Crippen MR) is 75.9 cm³/mol. The maximum atomic E-state index is 12.3. The normalized spacial score (nSPS) is 12.5. The number of ketones is 1. The van der Waals surface area contributed by atoms with Crippen molar-refractivity contribution in [1.82, 2.24) is 4.90 Å². The van der Waals surface area contributed by atoms with Crippen LogP contribution in [0, 0.1) is 0 Å². The third-order valence-electron chi connectivity index (χ3n) is 3.21. The van der Waals surface area contributed by atoms with Gasteiger partial charge in [-0.15, -0.1) is 0 Å². The van der Waals surface area contributed by atoms with E-state index in [0.29, 0.717) is 18.8 Å². The van der Waals surface area contributed by atoms with E-state index in [9.17, 15) is 4.79 Å². The Morgan fingerprint density at radius 3 is 2.47 bits per heavy atom. The second kappa shape index (κ2) is 7.92. The number of carbonyl (C=O) groups excluding carboxylic acids is 1. The number of hydrogen-bond donors (Lipinski definition) is 0.